The fourth-order valence-corrected chi connectivity index (χ4v) is 8.24. The highest BCUT2D eigenvalue weighted by molar-refractivity contribution is 7.47. The number of nitrogens with one attached hydrogen (secondary N) is 1. The van der Waals surface area contributed by atoms with E-state index in [2.05, 4.69) is 25.2 Å². The van der Waals surface area contributed by atoms with Crippen LogP contribution in [0.4, 0.5) is 0 Å². The molecule has 0 heterocycles. The zero-order valence-electron chi connectivity index (χ0n) is 39.3. The monoisotopic (exact) mass is 844 g/mol. The summed E-state index contributed by atoms with van der Waals surface area (Å²) < 4.78 is 23.6. The lowest BCUT2D eigenvalue weighted by molar-refractivity contribution is -0.870. The topological polar surface area (TPSA) is 105 Å². The quantitative estimate of drug-likeness (QED) is 0.0244. The number of likely N-dealkylation sites (N-methyl/N-ethyl adjacent to an activating group) is 1. The molecule has 3 N–H and O–H groups in total. The molecule has 0 aromatic heterocycles. The van der Waals surface area contributed by atoms with E-state index in [0.717, 1.165) is 32.1 Å². The van der Waals surface area contributed by atoms with Crippen LogP contribution in [0.5, 0.6) is 0 Å². The van der Waals surface area contributed by atoms with Gasteiger partial charge in [-0.25, -0.2) is 4.57 Å². The maximum atomic E-state index is 12.9. The summed E-state index contributed by atoms with van der Waals surface area (Å²) in [6.45, 7) is 4.86. The number of aliphatic hydroxyl groups excluding tert-OH is 1. The van der Waals surface area contributed by atoms with Gasteiger partial charge in [-0.2, -0.15) is 0 Å². The van der Waals surface area contributed by atoms with Crippen molar-refractivity contribution in [1.82, 2.24) is 5.32 Å². The molecule has 9 heteroatoms. The molecule has 1 amide bonds. The van der Waals surface area contributed by atoms with E-state index in [1.54, 1.807) is 0 Å². The second-order valence-corrected chi connectivity index (χ2v) is 20.0. The Balaban J connectivity index is 4.20. The Kier molecular flexibility index (Phi) is 41.0. The van der Waals surface area contributed by atoms with E-state index in [1.165, 1.54) is 186 Å². The maximum Gasteiger partial charge on any atom is 0.472 e. The largest absolute Gasteiger partial charge is 0.472 e. The number of aliphatic hydroxyl groups is 1. The molecule has 0 bridgehead atoms. The lowest BCUT2D eigenvalue weighted by atomic mass is 10.0. The molecule has 0 radical (unpaired) electrons. The number of phosphoric acid groups is 1. The number of phosphoric ester groups is 1. The number of allylic oxidation sites excluding steroid dienone is 1. The number of hydrogen-bond acceptors (Lipinski definition) is 5. The summed E-state index contributed by atoms with van der Waals surface area (Å²) >= 11 is 0. The van der Waals surface area contributed by atoms with E-state index in [1.807, 2.05) is 27.2 Å². The van der Waals surface area contributed by atoms with Gasteiger partial charge >= 0.3 is 7.82 Å². The van der Waals surface area contributed by atoms with Crippen molar-refractivity contribution in [3.8, 4) is 0 Å². The summed E-state index contributed by atoms with van der Waals surface area (Å²) in [5, 5.41) is 13.9. The number of hydrogen-bond donors (Lipinski definition) is 3. The molecule has 0 rings (SSSR count). The van der Waals surface area contributed by atoms with Crippen LogP contribution in [0.3, 0.4) is 0 Å². The fourth-order valence-electron chi connectivity index (χ4n) is 7.51. The fraction of sp³-hybridized carbons (Fsp3) is 0.939. The number of quaternary nitrogens is 1. The minimum atomic E-state index is -4.33. The van der Waals surface area contributed by atoms with E-state index in [4.69, 9.17) is 9.05 Å². The SMILES string of the molecule is CCCCCCCCCCCCC=CC[C@@H](O)[C@H](COP(=O)(O)OCC[N+](C)(C)C)NC(=O)CCCCCCCCCCCCCCCCCCCCCCCCC. The van der Waals surface area contributed by atoms with Crippen LogP contribution >= 0.6 is 7.82 Å². The highest BCUT2D eigenvalue weighted by atomic mass is 31.2. The van der Waals surface area contributed by atoms with Gasteiger partial charge in [0.15, 0.2) is 0 Å². The van der Waals surface area contributed by atoms with Crippen LogP contribution < -0.4 is 5.32 Å². The van der Waals surface area contributed by atoms with Gasteiger partial charge in [0.05, 0.1) is 39.9 Å². The molecule has 3 atom stereocenters. The summed E-state index contributed by atoms with van der Waals surface area (Å²) in [4.78, 5) is 23.2. The van der Waals surface area contributed by atoms with Gasteiger partial charge in [-0.3, -0.25) is 13.8 Å². The van der Waals surface area contributed by atoms with Gasteiger partial charge in [-0.15, -0.1) is 0 Å². The minimum absolute atomic E-state index is 0.0676. The van der Waals surface area contributed by atoms with E-state index in [0.29, 0.717) is 23.9 Å². The molecule has 0 saturated heterocycles. The third kappa shape index (κ3) is 43.3. The molecule has 1 unspecified atom stereocenters. The van der Waals surface area contributed by atoms with Crippen LogP contribution in [0, 0.1) is 0 Å². The van der Waals surface area contributed by atoms with Crippen LogP contribution in [0.25, 0.3) is 0 Å². The first-order valence-corrected chi connectivity index (χ1v) is 26.5. The highest BCUT2D eigenvalue weighted by Gasteiger charge is 2.28. The number of unbranched alkanes of at least 4 members (excludes halogenated alkanes) is 32. The van der Waals surface area contributed by atoms with Crippen LogP contribution in [0.15, 0.2) is 12.2 Å². The lowest BCUT2D eigenvalue weighted by Crippen LogP contribution is -2.46. The standard InChI is InChI=1S/C49H99N2O6P/c1-6-8-10-12-14-16-18-20-21-22-23-24-25-26-27-28-29-31-33-35-37-39-41-43-49(53)50-47(46-57-58(54,55)56-45-44-51(3,4)5)48(52)42-40-38-36-34-32-30-19-17-15-13-11-9-7-2/h38,40,47-48,52H,6-37,39,41-46H2,1-5H3,(H-,50,53,54,55)/p+1/t47-,48+/m0/s1. The van der Waals surface area contributed by atoms with Crippen molar-refractivity contribution >= 4 is 13.7 Å². The average molecular weight is 844 g/mol. The van der Waals surface area contributed by atoms with Crippen molar-refractivity contribution in [3.63, 3.8) is 0 Å². The summed E-state index contributed by atoms with van der Waals surface area (Å²) in [5.41, 5.74) is 0. The molecule has 0 aliphatic rings. The number of amides is 1. The van der Waals surface area contributed by atoms with E-state index < -0.39 is 20.0 Å². The van der Waals surface area contributed by atoms with E-state index in [9.17, 15) is 19.4 Å². The Bertz CT molecular complexity index is 958. The molecule has 58 heavy (non-hydrogen) atoms. The Morgan fingerprint density at radius 2 is 0.931 bits per heavy atom. The number of nitrogens with zero attached hydrogens (tertiary/aromatic N) is 1. The molecule has 0 aromatic rings. The molecular formula is C49H100N2O6P+. The molecule has 0 spiro atoms. The molecule has 0 aromatic carbocycles. The van der Waals surface area contributed by atoms with Gasteiger partial charge in [-0.1, -0.05) is 225 Å². The van der Waals surface area contributed by atoms with Gasteiger partial charge < -0.3 is 19.8 Å². The number of rotatable bonds is 46. The van der Waals surface area contributed by atoms with Crippen molar-refractivity contribution in [3.05, 3.63) is 12.2 Å². The molecule has 8 nitrogen and oxygen atoms in total. The van der Waals surface area contributed by atoms with Gasteiger partial charge in [-0.05, 0) is 25.7 Å². The van der Waals surface area contributed by atoms with Crippen molar-refractivity contribution in [2.24, 2.45) is 0 Å². The van der Waals surface area contributed by atoms with Crippen molar-refractivity contribution in [2.45, 2.75) is 257 Å². The van der Waals surface area contributed by atoms with Crippen LogP contribution in [-0.4, -0.2) is 73.4 Å². The minimum Gasteiger partial charge on any atom is -0.391 e. The molecular weight excluding hydrogens is 744 g/mol. The zero-order chi connectivity index (χ0) is 42.8. The predicted molar refractivity (Wildman–Crippen MR) is 249 cm³/mol. The van der Waals surface area contributed by atoms with Gasteiger partial charge in [0, 0.05) is 6.42 Å². The van der Waals surface area contributed by atoms with Crippen LogP contribution in [0.1, 0.15) is 245 Å². The van der Waals surface area contributed by atoms with E-state index >= 15 is 0 Å². The summed E-state index contributed by atoms with van der Waals surface area (Å²) in [6, 6.07) is -0.804. The Morgan fingerprint density at radius 3 is 1.31 bits per heavy atom. The number of carbonyl (C=O) groups is 1. The normalized spacial score (nSPS) is 14.3. The van der Waals surface area contributed by atoms with Gasteiger partial charge in [0.25, 0.3) is 0 Å². The Labute approximate surface area is 361 Å². The maximum absolute atomic E-state index is 12.9. The second-order valence-electron chi connectivity index (χ2n) is 18.6. The van der Waals surface area contributed by atoms with Crippen LogP contribution in [-0.2, 0) is 18.4 Å². The summed E-state index contributed by atoms with van der Waals surface area (Å²) in [6.07, 6.45) is 48.5. The van der Waals surface area contributed by atoms with Gasteiger partial charge in [0.1, 0.15) is 13.2 Å². The molecule has 0 fully saturated rings. The number of carbonyl (C=O) groups excluding carboxylic acids is 1. The van der Waals surface area contributed by atoms with E-state index in [-0.39, 0.29) is 19.1 Å². The molecule has 346 valence electrons. The second kappa shape index (κ2) is 41.6. The third-order valence-corrected chi connectivity index (χ3v) is 12.5. The summed E-state index contributed by atoms with van der Waals surface area (Å²) in [7, 11) is 1.59. The van der Waals surface area contributed by atoms with Crippen LogP contribution in [0.2, 0.25) is 0 Å². The zero-order valence-corrected chi connectivity index (χ0v) is 40.2. The first-order chi connectivity index (χ1) is 28.0. The average Bonchev–Trinajstić information content (AvgIpc) is 3.17. The third-order valence-electron chi connectivity index (χ3n) is 11.5. The predicted octanol–water partition coefficient (Wildman–Crippen LogP) is 14.3. The smallest absolute Gasteiger partial charge is 0.391 e. The highest BCUT2D eigenvalue weighted by Crippen LogP contribution is 2.43. The first-order valence-electron chi connectivity index (χ1n) is 25.1. The van der Waals surface area contributed by atoms with Crippen molar-refractivity contribution in [2.75, 3.05) is 40.9 Å². The molecule has 0 aliphatic carbocycles. The summed E-state index contributed by atoms with van der Waals surface area (Å²) in [5.74, 6) is -0.163. The lowest BCUT2D eigenvalue weighted by Gasteiger charge is -2.26. The Hall–Kier alpha value is -0.760. The first kappa shape index (κ1) is 57.2. The molecule has 0 aliphatic heterocycles. The van der Waals surface area contributed by atoms with Crippen molar-refractivity contribution in [1.29, 1.82) is 0 Å². The van der Waals surface area contributed by atoms with Crippen molar-refractivity contribution < 1.29 is 32.9 Å². The Morgan fingerprint density at radius 1 is 0.569 bits per heavy atom. The van der Waals surface area contributed by atoms with Gasteiger partial charge in [0.2, 0.25) is 5.91 Å². The molecule has 0 saturated carbocycles.